The van der Waals surface area contributed by atoms with Crippen molar-refractivity contribution < 1.29 is 19.3 Å². The van der Waals surface area contributed by atoms with E-state index in [4.69, 9.17) is 20.7 Å². The molecule has 0 amide bonds. The lowest BCUT2D eigenvalue weighted by Crippen LogP contribution is -2.28. The summed E-state index contributed by atoms with van der Waals surface area (Å²) in [5.41, 5.74) is 6.26. The first-order valence-electron chi connectivity index (χ1n) is 5.71. The van der Waals surface area contributed by atoms with Gasteiger partial charge in [-0.3, -0.25) is 0 Å². The molecule has 0 spiro atoms. The fourth-order valence-corrected chi connectivity index (χ4v) is 1.41. The Bertz CT molecular complexity index is 395. The summed E-state index contributed by atoms with van der Waals surface area (Å²) >= 11 is 0. The van der Waals surface area contributed by atoms with Crippen LogP contribution in [0.5, 0.6) is 5.75 Å². The van der Waals surface area contributed by atoms with Crippen molar-refractivity contribution in [2.24, 2.45) is 0 Å². The summed E-state index contributed by atoms with van der Waals surface area (Å²) in [5.74, 6) is -0.465. The van der Waals surface area contributed by atoms with Gasteiger partial charge in [0.2, 0.25) is 0 Å². The number of ether oxygens (including phenoxy) is 1. The van der Waals surface area contributed by atoms with Crippen LogP contribution in [0.2, 0.25) is 0 Å². The van der Waals surface area contributed by atoms with Crippen LogP contribution in [0, 0.1) is 5.82 Å². The summed E-state index contributed by atoms with van der Waals surface area (Å²) in [6, 6.07) is 2.01. The van der Waals surface area contributed by atoms with E-state index < -0.39 is 11.9 Å². The number of nitrogens with two attached hydrogens (primary N) is 1. The van der Waals surface area contributed by atoms with Gasteiger partial charge in [-0.15, -0.1) is 0 Å². The van der Waals surface area contributed by atoms with Gasteiger partial charge in [0, 0.05) is 12.1 Å². The van der Waals surface area contributed by atoms with E-state index in [-0.39, 0.29) is 30.8 Å². The molecule has 5 N–H and O–H groups in total. The summed E-state index contributed by atoms with van der Waals surface area (Å²) in [5, 5.41) is 20.8. The third-order valence-corrected chi connectivity index (χ3v) is 2.27. The SMILES string of the molecule is CC(C)Oc1cc(NC(CO)CO)c(N)cc1F. The van der Waals surface area contributed by atoms with E-state index in [0.717, 1.165) is 6.07 Å². The highest BCUT2D eigenvalue weighted by Gasteiger charge is 2.13. The zero-order chi connectivity index (χ0) is 13.7. The molecule has 102 valence electrons. The first kappa shape index (κ1) is 14.5. The van der Waals surface area contributed by atoms with Crippen LogP contribution in [0.4, 0.5) is 15.8 Å². The van der Waals surface area contributed by atoms with Crippen molar-refractivity contribution in [3.05, 3.63) is 17.9 Å². The predicted octanol–water partition coefficient (Wildman–Crippen LogP) is 0.960. The van der Waals surface area contributed by atoms with E-state index in [2.05, 4.69) is 5.32 Å². The first-order chi connectivity index (χ1) is 8.47. The lowest BCUT2D eigenvalue weighted by atomic mass is 10.2. The monoisotopic (exact) mass is 258 g/mol. The van der Waals surface area contributed by atoms with Crippen LogP contribution in [0.1, 0.15) is 13.8 Å². The van der Waals surface area contributed by atoms with Crippen LogP contribution >= 0.6 is 0 Å². The van der Waals surface area contributed by atoms with Gasteiger partial charge in [0.05, 0.1) is 36.7 Å². The summed E-state index contributed by atoms with van der Waals surface area (Å²) in [6.45, 7) is 3.06. The van der Waals surface area contributed by atoms with Gasteiger partial charge in [-0.2, -0.15) is 0 Å². The molecule has 5 nitrogen and oxygen atoms in total. The van der Waals surface area contributed by atoms with E-state index in [1.807, 2.05) is 0 Å². The Morgan fingerprint density at radius 3 is 2.44 bits per heavy atom. The summed E-state index contributed by atoms with van der Waals surface area (Å²) in [6.07, 6.45) is -0.164. The second-order valence-corrected chi connectivity index (χ2v) is 4.24. The summed E-state index contributed by atoms with van der Waals surface area (Å²) < 4.78 is 18.9. The van der Waals surface area contributed by atoms with Gasteiger partial charge in [0.25, 0.3) is 0 Å². The maximum absolute atomic E-state index is 13.6. The van der Waals surface area contributed by atoms with E-state index >= 15 is 0 Å². The van der Waals surface area contributed by atoms with Gasteiger partial charge in [0.15, 0.2) is 11.6 Å². The molecule has 6 heteroatoms. The quantitative estimate of drug-likeness (QED) is 0.571. The van der Waals surface area contributed by atoms with Gasteiger partial charge in [-0.05, 0) is 13.8 Å². The van der Waals surface area contributed by atoms with Crippen LogP contribution < -0.4 is 15.8 Å². The number of hydrogen-bond acceptors (Lipinski definition) is 5. The first-order valence-corrected chi connectivity index (χ1v) is 5.71. The number of halogens is 1. The highest BCUT2D eigenvalue weighted by atomic mass is 19.1. The molecule has 0 heterocycles. The Balaban J connectivity index is 2.97. The molecule has 0 aromatic heterocycles. The molecule has 0 aliphatic carbocycles. The maximum atomic E-state index is 13.6. The van der Waals surface area contributed by atoms with Crippen molar-refractivity contribution in [1.82, 2.24) is 0 Å². The third kappa shape index (κ3) is 3.75. The average Bonchev–Trinajstić information content (AvgIpc) is 2.30. The molecule has 0 aliphatic heterocycles. The summed E-state index contributed by atoms with van der Waals surface area (Å²) in [7, 11) is 0. The van der Waals surface area contributed by atoms with Crippen molar-refractivity contribution in [2.75, 3.05) is 24.3 Å². The standard InChI is InChI=1S/C12H19FN2O3/c1-7(2)18-12-4-11(10(14)3-9(12)13)15-8(5-16)6-17/h3-4,7-8,15-17H,5-6,14H2,1-2H3. The van der Waals surface area contributed by atoms with E-state index in [1.54, 1.807) is 13.8 Å². The van der Waals surface area contributed by atoms with Crippen LogP contribution in [-0.2, 0) is 0 Å². The molecule has 1 aromatic carbocycles. The number of rotatable bonds is 6. The van der Waals surface area contributed by atoms with E-state index in [0.29, 0.717) is 5.69 Å². The Morgan fingerprint density at radius 1 is 1.33 bits per heavy atom. The van der Waals surface area contributed by atoms with Crippen LogP contribution in [0.15, 0.2) is 12.1 Å². The number of nitrogens with one attached hydrogen (secondary N) is 1. The number of aliphatic hydroxyl groups excluding tert-OH is 2. The minimum Gasteiger partial charge on any atom is -0.488 e. The van der Waals surface area contributed by atoms with Crippen molar-refractivity contribution >= 4 is 11.4 Å². The number of aliphatic hydroxyl groups is 2. The van der Waals surface area contributed by atoms with E-state index in [9.17, 15) is 4.39 Å². The minimum atomic E-state index is -0.551. The highest BCUT2D eigenvalue weighted by molar-refractivity contribution is 5.69. The zero-order valence-corrected chi connectivity index (χ0v) is 10.5. The molecular formula is C12H19FN2O3. The smallest absolute Gasteiger partial charge is 0.167 e. The Morgan fingerprint density at radius 2 is 1.94 bits per heavy atom. The lowest BCUT2D eigenvalue weighted by Gasteiger charge is -2.18. The fourth-order valence-electron chi connectivity index (χ4n) is 1.41. The highest BCUT2D eigenvalue weighted by Crippen LogP contribution is 2.29. The normalized spacial score (nSPS) is 11.1. The molecule has 0 unspecified atom stereocenters. The molecule has 0 atom stereocenters. The van der Waals surface area contributed by atoms with Crippen LogP contribution in [0.3, 0.4) is 0 Å². The van der Waals surface area contributed by atoms with Gasteiger partial charge in [0.1, 0.15) is 0 Å². The van der Waals surface area contributed by atoms with Crippen LogP contribution in [0.25, 0.3) is 0 Å². The number of anilines is 2. The second-order valence-electron chi connectivity index (χ2n) is 4.24. The molecule has 1 aromatic rings. The second kappa shape index (κ2) is 6.42. The van der Waals surface area contributed by atoms with Crippen molar-refractivity contribution in [2.45, 2.75) is 26.0 Å². The van der Waals surface area contributed by atoms with Gasteiger partial charge < -0.3 is 26.0 Å². The van der Waals surface area contributed by atoms with Crippen molar-refractivity contribution in [3.8, 4) is 5.75 Å². The van der Waals surface area contributed by atoms with Crippen molar-refractivity contribution in [1.29, 1.82) is 0 Å². The molecule has 0 saturated heterocycles. The Kier molecular flexibility index (Phi) is 5.18. The van der Waals surface area contributed by atoms with Gasteiger partial charge in [-0.1, -0.05) is 0 Å². The predicted molar refractivity (Wildman–Crippen MR) is 68.2 cm³/mol. The Hall–Kier alpha value is -1.53. The van der Waals surface area contributed by atoms with E-state index in [1.165, 1.54) is 6.07 Å². The molecular weight excluding hydrogens is 239 g/mol. The summed E-state index contributed by atoms with van der Waals surface area (Å²) in [4.78, 5) is 0. The maximum Gasteiger partial charge on any atom is 0.167 e. The molecule has 0 fully saturated rings. The molecule has 0 aliphatic rings. The number of hydrogen-bond donors (Lipinski definition) is 4. The number of nitrogen functional groups attached to an aromatic ring is 1. The van der Waals surface area contributed by atoms with Crippen LogP contribution in [-0.4, -0.2) is 35.6 Å². The topological polar surface area (TPSA) is 87.7 Å². The average molecular weight is 258 g/mol. The lowest BCUT2D eigenvalue weighted by molar-refractivity contribution is 0.203. The van der Waals surface area contributed by atoms with Gasteiger partial charge >= 0.3 is 0 Å². The molecule has 0 radical (unpaired) electrons. The number of benzene rings is 1. The van der Waals surface area contributed by atoms with Gasteiger partial charge in [-0.25, -0.2) is 4.39 Å². The molecule has 18 heavy (non-hydrogen) atoms. The minimum absolute atomic E-state index is 0.0799. The van der Waals surface area contributed by atoms with Crippen molar-refractivity contribution in [3.63, 3.8) is 0 Å². The molecule has 0 bridgehead atoms. The molecule has 1 rings (SSSR count). The third-order valence-electron chi connectivity index (χ3n) is 2.27. The fraction of sp³-hybridized carbons (Fsp3) is 0.500. The zero-order valence-electron chi connectivity index (χ0n) is 10.5. The molecule has 0 saturated carbocycles. The largest absolute Gasteiger partial charge is 0.488 e. The Labute approximate surface area is 105 Å².